The van der Waals surface area contributed by atoms with Crippen LogP contribution in [-0.2, 0) is 11.3 Å². The molecule has 1 unspecified atom stereocenters. The van der Waals surface area contributed by atoms with Gasteiger partial charge in [-0.15, -0.1) is 0 Å². The maximum absolute atomic E-state index is 12.9. The quantitative estimate of drug-likeness (QED) is 0.826. The summed E-state index contributed by atoms with van der Waals surface area (Å²) >= 11 is 3.40. The number of amides is 1. The number of nitrogens with zero attached hydrogens (tertiary/aromatic N) is 1. The zero-order valence-electron chi connectivity index (χ0n) is 13.2. The number of hydrogen-bond acceptors (Lipinski definition) is 2. The molecule has 1 amide bonds. The summed E-state index contributed by atoms with van der Waals surface area (Å²) < 4.78 is 13.9. The zero-order valence-corrected chi connectivity index (χ0v) is 14.8. The molecule has 0 bridgehead atoms. The SMILES string of the molecule is CC(NC(=O)CN(C)Cc1ccc(F)cc1)c1ccc(Br)cc1. The molecule has 0 aliphatic carbocycles. The van der Waals surface area contributed by atoms with Crippen molar-refractivity contribution < 1.29 is 9.18 Å². The molecule has 0 radical (unpaired) electrons. The van der Waals surface area contributed by atoms with Crippen LogP contribution in [0.5, 0.6) is 0 Å². The van der Waals surface area contributed by atoms with E-state index < -0.39 is 0 Å². The summed E-state index contributed by atoms with van der Waals surface area (Å²) in [6.45, 7) is 2.85. The van der Waals surface area contributed by atoms with E-state index in [2.05, 4.69) is 21.2 Å². The van der Waals surface area contributed by atoms with Crippen LogP contribution < -0.4 is 5.32 Å². The van der Waals surface area contributed by atoms with Gasteiger partial charge in [-0.05, 0) is 49.4 Å². The molecule has 0 aliphatic heterocycles. The van der Waals surface area contributed by atoms with Gasteiger partial charge in [0.1, 0.15) is 5.82 Å². The lowest BCUT2D eigenvalue weighted by Gasteiger charge is -2.19. The monoisotopic (exact) mass is 378 g/mol. The highest BCUT2D eigenvalue weighted by Gasteiger charge is 2.12. The number of halogens is 2. The van der Waals surface area contributed by atoms with Gasteiger partial charge >= 0.3 is 0 Å². The molecule has 0 saturated heterocycles. The fourth-order valence-corrected chi connectivity index (χ4v) is 2.59. The largest absolute Gasteiger partial charge is 0.348 e. The highest BCUT2D eigenvalue weighted by molar-refractivity contribution is 9.10. The van der Waals surface area contributed by atoms with Crippen LogP contribution in [0.25, 0.3) is 0 Å². The Kier molecular flexibility index (Phi) is 6.30. The standard InChI is InChI=1S/C18H20BrFN2O/c1-13(15-5-7-16(19)8-6-15)21-18(23)12-22(2)11-14-3-9-17(20)10-4-14/h3-10,13H,11-12H2,1-2H3,(H,21,23). The summed E-state index contributed by atoms with van der Waals surface area (Å²) in [6.07, 6.45) is 0. The number of carbonyl (C=O) groups excluding carboxylic acids is 1. The smallest absolute Gasteiger partial charge is 0.234 e. The average molecular weight is 379 g/mol. The summed E-state index contributed by atoms with van der Waals surface area (Å²) in [5.41, 5.74) is 2.03. The Labute approximate surface area is 144 Å². The van der Waals surface area contributed by atoms with Crippen molar-refractivity contribution in [3.63, 3.8) is 0 Å². The molecule has 1 atom stereocenters. The second kappa shape index (κ2) is 8.22. The molecule has 5 heteroatoms. The first-order chi connectivity index (χ1) is 10.9. The minimum Gasteiger partial charge on any atom is -0.348 e. The fourth-order valence-electron chi connectivity index (χ4n) is 2.32. The van der Waals surface area contributed by atoms with E-state index in [9.17, 15) is 9.18 Å². The summed E-state index contributed by atoms with van der Waals surface area (Å²) in [5.74, 6) is -0.289. The van der Waals surface area contributed by atoms with Gasteiger partial charge in [0, 0.05) is 11.0 Å². The highest BCUT2D eigenvalue weighted by atomic mass is 79.9. The molecule has 2 rings (SSSR count). The number of benzene rings is 2. The van der Waals surface area contributed by atoms with Gasteiger partial charge in [0.2, 0.25) is 5.91 Å². The Morgan fingerprint density at radius 1 is 1.17 bits per heavy atom. The zero-order chi connectivity index (χ0) is 16.8. The van der Waals surface area contributed by atoms with Crippen molar-refractivity contribution in [2.45, 2.75) is 19.5 Å². The first kappa shape index (κ1) is 17.6. The molecule has 0 aromatic heterocycles. The molecular formula is C18H20BrFN2O. The molecule has 2 aromatic carbocycles. The van der Waals surface area contributed by atoms with E-state index in [4.69, 9.17) is 0 Å². The average Bonchev–Trinajstić information content (AvgIpc) is 2.50. The highest BCUT2D eigenvalue weighted by Crippen LogP contribution is 2.16. The molecule has 122 valence electrons. The number of likely N-dealkylation sites (N-methyl/N-ethyl adjacent to an activating group) is 1. The third-order valence-electron chi connectivity index (χ3n) is 3.53. The van der Waals surface area contributed by atoms with Gasteiger partial charge in [0.05, 0.1) is 12.6 Å². The number of hydrogen-bond donors (Lipinski definition) is 1. The molecule has 23 heavy (non-hydrogen) atoms. The second-order valence-electron chi connectivity index (χ2n) is 5.64. The molecule has 0 saturated carbocycles. The van der Waals surface area contributed by atoms with E-state index >= 15 is 0 Å². The fraction of sp³-hybridized carbons (Fsp3) is 0.278. The van der Waals surface area contributed by atoms with Crippen molar-refractivity contribution in [2.75, 3.05) is 13.6 Å². The van der Waals surface area contributed by atoms with Crippen molar-refractivity contribution in [3.8, 4) is 0 Å². The third kappa shape index (κ3) is 5.77. The molecule has 0 heterocycles. The van der Waals surface area contributed by atoms with Crippen LogP contribution in [0, 0.1) is 5.82 Å². The van der Waals surface area contributed by atoms with Crippen LogP contribution in [0.15, 0.2) is 53.0 Å². The van der Waals surface area contributed by atoms with E-state index in [0.29, 0.717) is 6.54 Å². The molecular weight excluding hydrogens is 359 g/mol. The molecule has 0 spiro atoms. The summed E-state index contributed by atoms with van der Waals surface area (Å²) in [6, 6.07) is 14.2. The van der Waals surface area contributed by atoms with Crippen molar-refractivity contribution in [1.82, 2.24) is 10.2 Å². The van der Waals surface area contributed by atoms with Gasteiger partial charge in [-0.3, -0.25) is 9.69 Å². The Balaban J connectivity index is 1.83. The minimum atomic E-state index is -0.252. The second-order valence-corrected chi connectivity index (χ2v) is 6.56. The lowest BCUT2D eigenvalue weighted by Crippen LogP contribution is -2.36. The number of carbonyl (C=O) groups is 1. The lowest BCUT2D eigenvalue weighted by atomic mass is 10.1. The van der Waals surface area contributed by atoms with E-state index in [0.717, 1.165) is 15.6 Å². The van der Waals surface area contributed by atoms with Crippen LogP contribution in [0.2, 0.25) is 0 Å². The van der Waals surface area contributed by atoms with Gasteiger partial charge < -0.3 is 5.32 Å². The van der Waals surface area contributed by atoms with Gasteiger partial charge in [-0.2, -0.15) is 0 Å². The number of nitrogens with one attached hydrogen (secondary N) is 1. The Hall–Kier alpha value is -1.72. The summed E-state index contributed by atoms with van der Waals surface area (Å²) in [7, 11) is 1.87. The van der Waals surface area contributed by atoms with Crippen LogP contribution >= 0.6 is 15.9 Å². The summed E-state index contributed by atoms with van der Waals surface area (Å²) in [4.78, 5) is 14.0. The molecule has 0 fully saturated rings. The van der Waals surface area contributed by atoms with E-state index in [1.54, 1.807) is 12.1 Å². The van der Waals surface area contributed by atoms with Gasteiger partial charge in [0.25, 0.3) is 0 Å². The van der Waals surface area contributed by atoms with Gasteiger partial charge in [0.15, 0.2) is 0 Å². The first-order valence-electron chi connectivity index (χ1n) is 7.42. The van der Waals surface area contributed by atoms with Crippen LogP contribution in [0.3, 0.4) is 0 Å². The Morgan fingerprint density at radius 3 is 2.39 bits per heavy atom. The van der Waals surface area contributed by atoms with Gasteiger partial charge in [-0.25, -0.2) is 4.39 Å². The Bertz CT molecular complexity index is 643. The normalized spacial score (nSPS) is 12.2. The van der Waals surface area contributed by atoms with Crippen LogP contribution in [-0.4, -0.2) is 24.4 Å². The van der Waals surface area contributed by atoms with E-state index in [1.807, 2.05) is 43.1 Å². The number of rotatable bonds is 6. The third-order valence-corrected chi connectivity index (χ3v) is 4.06. The Morgan fingerprint density at radius 2 is 1.78 bits per heavy atom. The topological polar surface area (TPSA) is 32.3 Å². The lowest BCUT2D eigenvalue weighted by molar-refractivity contribution is -0.122. The van der Waals surface area contributed by atoms with Crippen LogP contribution in [0.1, 0.15) is 24.1 Å². The van der Waals surface area contributed by atoms with Crippen molar-refractivity contribution in [3.05, 3.63) is 69.9 Å². The molecule has 0 aliphatic rings. The van der Waals surface area contributed by atoms with E-state index in [-0.39, 0.29) is 24.3 Å². The van der Waals surface area contributed by atoms with Crippen molar-refractivity contribution in [2.24, 2.45) is 0 Å². The predicted octanol–water partition coefficient (Wildman–Crippen LogP) is 3.90. The van der Waals surface area contributed by atoms with E-state index in [1.165, 1.54) is 12.1 Å². The van der Waals surface area contributed by atoms with Crippen LogP contribution in [0.4, 0.5) is 4.39 Å². The first-order valence-corrected chi connectivity index (χ1v) is 8.21. The summed E-state index contributed by atoms with van der Waals surface area (Å²) in [5, 5.41) is 2.99. The maximum Gasteiger partial charge on any atom is 0.234 e. The van der Waals surface area contributed by atoms with Crippen molar-refractivity contribution >= 4 is 21.8 Å². The maximum atomic E-state index is 12.9. The molecule has 3 nitrogen and oxygen atoms in total. The predicted molar refractivity (Wildman–Crippen MR) is 93.4 cm³/mol. The van der Waals surface area contributed by atoms with Crippen molar-refractivity contribution in [1.29, 1.82) is 0 Å². The molecule has 2 aromatic rings. The van der Waals surface area contributed by atoms with Gasteiger partial charge in [-0.1, -0.05) is 40.2 Å². The minimum absolute atomic E-state index is 0.0370. The molecule has 1 N–H and O–H groups in total.